The minimum absolute atomic E-state index is 0.186. The predicted molar refractivity (Wildman–Crippen MR) is 68.4 cm³/mol. The summed E-state index contributed by atoms with van der Waals surface area (Å²) in [5.74, 6) is 3.28. The van der Waals surface area contributed by atoms with Crippen molar-refractivity contribution in [2.45, 2.75) is 50.6 Å². The summed E-state index contributed by atoms with van der Waals surface area (Å²) in [6, 6.07) is 0.427. The molecule has 4 heteroatoms. The van der Waals surface area contributed by atoms with E-state index in [1.807, 2.05) is 11.8 Å². The average molecular weight is 242 g/mol. The largest absolute Gasteiger partial charge is 0.352 e. The molecule has 1 heterocycles. The van der Waals surface area contributed by atoms with Gasteiger partial charge in [-0.2, -0.15) is 11.8 Å². The molecule has 2 atom stereocenters. The van der Waals surface area contributed by atoms with E-state index in [0.717, 1.165) is 19.3 Å². The van der Waals surface area contributed by atoms with Crippen molar-refractivity contribution in [1.29, 1.82) is 0 Å². The fraction of sp³-hybridized carbons (Fsp3) is 0.917. The molecule has 1 amide bonds. The molecule has 3 nitrogen and oxygen atoms in total. The Labute approximate surface area is 102 Å². The highest BCUT2D eigenvalue weighted by atomic mass is 32.2. The Kier molecular flexibility index (Phi) is 4.53. The van der Waals surface area contributed by atoms with E-state index in [4.69, 9.17) is 5.73 Å². The van der Waals surface area contributed by atoms with Gasteiger partial charge in [0.05, 0.1) is 0 Å². The monoisotopic (exact) mass is 242 g/mol. The van der Waals surface area contributed by atoms with Gasteiger partial charge in [0, 0.05) is 18.5 Å². The van der Waals surface area contributed by atoms with Crippen LogP contribution in [0.3, 0.4) is 0 Å². The Morgan fingerprint density at radius 1 is 1.25 bits per heavy atom. The zero-order valence-electron chi connectivity index (χ0n) is 9.78. The number of hydrogen-bond donors (Lipinski definition) is 2. The minimum Gasteiger partial charge on any atom is -0.352 e. The zero-order chi connectivity index (χ0) is 11.4. The molecule has 1 aliphatic heterocycles. The number of hydrogen-bond acceptors (Lipinski definition) is 3. The summed E-state index contributed by atoms with van der Waals surface area (Å²) in [5, 5.41) is 3.11. The predicted octanol–water partition coefficient (Wildman–Crippen LogP) is 1.52. The Bertz CT molecular complexity index is 241. The van der Waals surface area contributed by atoms with Gasteiger partial charge in [-0.15, -0.1) is 0 Å². The highest BCUT2D eigenvalue weighted by molar-refractivity contribution is 7.99. The molecule has 92 valence electrons. The molecule has 1 saturated carbocycles. The number of rotatable bonds is 3. The first kappa shape index (κ1) is 12.2. The Balaban J connectivity index is 1.70. The van der Waals surface area contributed by atoms with Crippen LogP contribution in [0.25, 0.3) is 0 Å². The number of carbonyl (C=O) groups is 1. The van der Waals surface area contributed by atoms with Gasteiger partial charge in [0.15, 0.2) is 0 Å². The van der Waals surface area contributed by atoms with E-state index in [-0.39, 0.29) is 18.0 Å². The van der Waals surface area contributed by atoms with Crippen LogP contribution in [-0.2, 0) is 4.79 Å². The van der Waals surface area contributed by atoms with E-state index in [2.05, 4.69) is 5.32 Å². The first-order chi connectivity index (χ1) is 7.75. The van der Waals surface area contributed by atoms with E-state index < -0.39 is 0 Å². The number of nitrogens with one attached hydrogen (secondary N) is 1. The number of amides is 1. The van der Waals surface area contributed by atoms with E-state index >= 15 is 0 Å². The Hall–Kier alpha value is -0.220. The fourth-order valence-electron chi connectivity index (χ4n) is 2.65. The normalized spacial score (nSPS) is 31.6. The summed E-state index contributed by atoms with van der Waals surface area (Å²) in [5.41, 5.74) is 5.94. The van der Waals surface area contributed by atoms with Crippen LogP contribution < -0.4 is 11.1 Å². The number of thioether (sulfide) groups is 1. The first-order valence-electron chi connectivity index (χ1n) is 6.38. The molecule has 2 rings (SSSR count). The molecule has 3 N–H and O–H groups in total. The summed E-state index contributed by atoms with van der Waals surface area (Å²) in [4.78, 5) is 11.8. The summed E-state index contributed by atoms with van der Waals surface area (Å²) in [6.45, 7) is 0. The molecule has 0 aromatic carbocycles. The van der Waals surface area contributed by atoms with Crippen LogP contribution in [0.2, 0.25) is 0 Å². The van der Waals surface area contributed by atoms with Gasteiger partial charge >= 0.3 is 0 Å². The van der Waals surface area contributed by atoms with Gasteiger partial charge in [0.1, 0.15) is 0 Å². The number of carbonyl (C=O) groups excluding carboxylic acids is 1. The van der Waals surface area contributed by atoms with Crippen LogP contribution in [0.4, 0.5) is 0 Å². The molecule has 1 saturated heterocycles. The van der Waals surface area contributed by atoms with Crippen molar-refractivity contribution in [2.24, 2.45) is 11.7 Å². The van der Waals surface area contributed by atoms with Crippen molar-refractivity contribution >= 4 is 17.7 Å². The van der Waals surface area contributed by atoms with Gasteiger partial charge in [0.2, 0.25) is 5.91 Å². The van der Waals surface area contributed by atoms with Crippen LogP contribution in [-0.4, -0.2) is 29.5 Å². The van der Waals surface area contributed by atoms with Gasteiger partial charge in [0.25, 0.3) is 0 Å². The topological polar surface area (TPSA) is 55.1 Å². The molecule has 16 heavy (non-hydrogen) atoms. The summed E-state index contributed by atoms with van der Waals surface area (Å²) >= 11 is 2.01. The third kappa shape index (κ3) is 3.39. The van der Waals surface area contributed by atoms with Crippen LogP contribution in [0.1, 0.15) is 38.5 Å². The molecule has 0 bridgehead atoms. The summed E-state index contributed by atoms with van der Waals surface area (Å²) < 4.78 is 0. The third-order valence-corrected chi connectivity index (χ3v) is 4.78. The summed E-state index contributed by atoms with van der Waals surface area (Å²) in [6.07, 6.45) is 6.40. The molecule has 0 spiro atoms. The van der Waals surface area contributed by atoms with E-state index in [0.29, 0.717) is 12.3 Å². The molecule has 1 aliphatic carbocycles. The molecule has 0 aromatic rings. The van der Waals surface area contributed by atoms with Crippen LogP contribution in [0.15, 0.2) is 0 Å². The highest BCUT2D eigenvalue weighted by Crippen LogP contribution is 2.25. The molecule has 0 radical (unpaired) electrons. The smallest absolute Gasteiger partial charge is 0.220 e. The minimum atomic E-state index is 0.186. The van der Waals surface area contributed by atoms with Gasteiger partial charge in [-0.3, -0.25) is 4.79 Å². The maximum Gasteiger partial charge on any atom is 0.220 e. The van der Waals surface area contributed by atoms with Gasteiger partial charge in [-0.1, -0.05) is 0 Å². The zero-order valence-corrected chi connectivity index (χ0v) is 10.6. The van der Waals surface area contributed by atoms with Crippen molar-refractivity contribution in [3.63, 3.8) is 0 Å². The standard InChI is InChI=1S/C12H22N2OS/c13-10-2-1-3-11(10)14-12(15)8-9-4-6-16-7-5-9/h9-11H,1-8,13H2,(H,14,15). The maximum absolute atomic E-state index is 11.8. The lowest BCUT2D eigenvalue weighted by molar-refractivity contribution is -0.122. The lowest BCUT2D eigenvalue weighted by Gasteiger charge is -2.23. The lowest BCUT2D eigenvalue weighted by atomic mass is 9.98. The van der Waals surface area contributed by atoms with Gasteiger partial charge in [-0.25, -0.2) is 0 Å². The van der Waals surface area contributed by atoms with Crippen molar-refractivity contribution < 1.29 is 4.79 Å². The average Bonchev–Trinajstić information content (AvgIpc) is 2.66. The second-order valence-corrected chi connectivity index (χ2v) is 6.25. The van der Waals surface area contributed by atoms with Crippen LogP contribution in [0.5, 0.6) is 0 Å². The SMILES string of the molecule is NC1CCCC1NC(=O)CC1CCSCC1. The maximum atomic E-state index is 11.8. The lowest BCUT2D eigenvalue weighted by Crippen LogP contribution is -2.44. The third-order valence-electron chi connectivity index (χ3n) is 3.73. The van der Waals surface area contributed by atoms with Gasteiger partial charge in [-0.05, 0) is 49.5 Å². The fourth-order valence-corrected chi connectivity index (χ4v) is 3.85. The van der Waals surface area contributed by atoms with E-state index in [1.165, 1.54) is 24.3 Å². The van der Waals surface area contributed by atoms with E-state index in [9.17, 15) is 4.79 Å². The van der Waals surface area contributed by atoms with Crippen LogP contribution in [0, 0.1) is 5.92 Å². The van der Waals surface area contributed by atoms with Crippen molar-refractivity contribution in [3.05, 3.63) is 0 Å². The van der Waals surface area contributed by atoms with Crippen molar-refractivity contribution in [3.8, 4) is 0 Å². The molecule has 2 fully saturated rings. The Morgan fingerprint density at radius 3 is 2.62 bits per heavy atom. The summed E-state index contributed by atoms with van der Waals surface area (Å²) in [7, 11) is 0. The van der Waals surface area contributed by atoms with Crippen LogP contribution >= 0.6 is 11.8 Å². The quantitative estimate of drug-likeness (QED) is 0.789. The first-order valence-corrected chi connectivity index (χ1v) is 7.54. The Morgan fingerprint density at radius 2 is 2.00 bits per heavy atom. The molecule has 2 aliphatic rings. The number of nitrogens with two attached hydrogens (primary N) is 1. The molecular formula is C12H22N2OS. The molecular weight excluding hydrogens is 220 g/mol. The molecule has 0 aromatic heterocycles. The second-order valence-electron chi connectivity index (χ2n) is 5.03. The van der Waals surface area contributed by atoms with Gasteiger partial charge < -0.3 is 11.1 Å². The highest BCUT2D eigenvalue weighted by Gasteiger charge is 2.26. The van der Waals surface area contributed by atoms with Crippen molar-refractivity contribution in [1.82, 2.24) is 5.32 Å². The molecule has 2 unspecified atom stereocenters. The van der Waals surface area contributed by atoms with Crippen molar-refractivity contribution in [2.75, 3.05) is 11.5 Å². The second kappa shape index (κ2) is 5.92. The van der Waals surface area contributed by atoms with E-state index in [1.54, 1.807) is 0 Å².